The minimum absolute atomic E-state index is 0.225. The van der Waals surface area contributed by atoms with Gasteiger partial charge in [0, 0.05) is 11.1 Å². The fourth-order valence-corrected chi connectivity index (χ4v) is 2.37. The number of phenolic OH excluding ortho intramolecular Hbond substituents is 3. The van der Waals surface area contributed by atoms with Crippen molar-refractivity contribution in [2.24, 2.45) is 0 Å². The molecule has 3 N–H and O–H groups in total. The van der Waals surface area contributed by atoms with Crippen molar-refractivity contribution in [3.63, 3.8) is 0 Å². The number of Topliss-reactive ketones (excluding diaryl/α,β-unsaturated/α-hetero) is 1. The Bertz CT molecular complexity index is 921. The molecule has 0 fully saturated rings. The molecule has 0 spiro atoms. The molecule has 0 heterocycles. The number of ketones is 2. The highest BCUT2D eigenvalue weighted by Gasteiger charge is 2.25. The van der Waals surface area contributed by atoms with Crippen molar-refractivity contribution in [3.05, 3.63) is 89.5 Å². The summed E-state index contributed by atoms with van der Waals surface area (Å²) >= 11 is 0. The van der Waals surface area contributed by atoms with Crippen LogP contribution in [0.25, 0.3) is 0 Å². The van der Waals surface area contributed by atoms with Crippen LogP contribution in [0.2, 0.25) is 0 Å². The number of allylic oxidation sites excluding steroid dienone is 5. The molecule has 2 rings (SSSR count). The Hall–Kier alpha value is -3.60. The van der Waals surface area contributed by atoms with E-state index >= 15 is 0 Å². The fraction of sp³-hybridized carbons (Fsp3) is 0.0476. The zero-order chi connectivity index (χ0) is 19.3. The molecule has 5 heteroatoms. The predicted molar refractivity (Wildman–Crippen MR) is 98.7 cm³/mol. The molecular weight excluding hydrogens is 332 g/mol. The largest absolute Gasteiger partial charge is 0.504 e. The maximum Gasteiger partial charge on any atom is 0.201 e. The Morgan fingerprint density at radius 1 is 0.962 bits per heavy atom. The third kappa shape index (κ3) is 3.57. The first-order valence-corrected chi connectivity index (χ1v) is 7.80. The van der Waals surface area contributed by atoms with Crippen molar-refractivity contribution in [2.75, 3.05) is 0 Å². The molecule has 0 saturated heterocycles. The highest BCUT2D eigenvalue weighted by atomic mass is 16.3. The van der Waals surface area contributed by atoms with E-state index < -0.39 is 28.8 Å². The van der Waals surface area contributed by atoms with E-state index in [1.54, 1.807) is 31.2 Å². The van der Waals surface area contributed by atoms with Crippen molar-refractivity contribution in [2.45, 2.75) is 6.92 Å². The van der Waals surface area contributed by atoms with Gasteiger partial charge in [-0.3, -0.25) is 9.59 Å². The zero-order valence-electron chi connectivity index (χ0n) is 14.1. The Balaban J connectivity index is 2.61. The van der Waals surface area contributed by atoms with Crippen LogP contribution in [0.1, 0.15) is 33.2 Å². The monoisotopic (exact) mass is 350 g/mol. The maximum atomic E-state index is 12.7. The second-order valence-corrected chi connectivity index (χ2v) is 5.38. The molecule has 132 valence electrons. The third-order valence-electron chi connectivity index (χ3n) is 3.76. The smallest absolute Gasteiger partial charge is 0.201 e. The first kappa shape index (κ1) is 18.7. The molecular formula is C21H18O5. The van der Waals surface area contributed by atoms with E-state index in [-0.39, 0.29) is 22.3 Å². The normalized spacial score (nSPS) is 11.5. The summed E-state index contributed by atoms with van der Waals surface area (Å²) in [5.74, 6) is -3.69. The van der Waals surface area contributed by atoms with Crippen molar-refractivity contribution >= 4 is 11.6 Å². The number of phenols is 3. The van der Waals surface area contributed by atoms with Crippen LogP contribution in [0.5, 0.6) is 17.2 Å². The number of hydrogen-bond acceptors (Lipinski definition) is 5. The lowest BCUT2D eigenvalue weighted by Crippen LogP contribution is -2.07. The van der Waals surface area contributed by atoms with Crippen LogP contribution in [0, 0.1) is 0 Å². The van der Waals surface area contributed by atoms with Gasteiger partial charge in [0.1, 0.15) is 0 Å². The van der Waals surface area contributed by atoms with Crippen LogP contribution >= 0.6 is 0 Å². The molecule has 5 nitrogen and oxygen atoms in total. The van der Waals surface area contributed by atoms with Gasteiger partial charge in [-0.05, 0) is 13.0 Å². The predicted octanol–water partition coefficient (Wildman–Crippen LogP) is 3.91. The number of rotatable bonds is 6. The average molecular weight is 350 g/mol. The van der Waals surface area contributed by atoms with Gasteiger partial charge in [-0.25, -0.2) is 0 Å². The molecule has 0 radical (unpaired) electrons. The first-order valence-electron chi connectivity index (χ1n) is 7.80. The molecule has 2 aromatic rings. The minimum Gasteiger partial charge on any atom is -0.504 e. The van der Waals surface area contributed by atoms with Crippen molar-refractivity contribution < 1.29 is 24.9 Å². The van der Waals surface area contributed by atoms with Gasteiger partial charge in [0.15, 0.2) is 23.1 Å². The quantitative estimate of drug-likeness (QED) is 0.318. The maximum absolute atomic E-state index is 12.7. The van der Waals surface area contributed by atoms with Crippen molar-refractivity contribution in [1.29, 1.82) is 0 Å². The first-order chi connectivity index (χ1) is 12.4. The highest BCUT2D eigenvalue weighted by Crippen LogP contribution is 2.42. The lowest BCUT2D eigenvalue weighted by molar-refractivity contribution is 0.103. The SMILES string of the molecule is C=C/C=C\C(=C/C)C(=O)c1cc(C(=O)c2ccccc2)c(O)c(O)c1O. The van der Waals surface area contributed by atoms with E-state index in [1.807, 2.05) is 0 Å². The van der Waals surface area contributed by atoms with E-state index in [0.29, 0.717) is 0 Å². The molecule has 0 unspecified atom stereocenters. The van der Waals surface area contributed by atoms with Crippen LogP contribution in [-0.4, -0.2) is 26.9 Å². The Labute approximate surface area is 150 Å². The second-order valence-electron chi connectivity index (χ2n) is 5.38. The molecule has 0 aromatic heterocycles. The fourth-order valence-electron chi connectivity index (χ4n) is 2.37. The van der Waals surface area contributed by atoms with E-state index in [1.165, 1.54) is 30.4 Å². The molecule has 0 aliphatic rings. The van der Waals surface area contributed by atoms with Gasteiger partial charge in [0.05, 0.1) is 11.1 Å². The summed E-state index contributed by atoms with van der Waals surface area (Å²) < 4.78 is 0. The van der Waals surface area contributed by atoms with E-state index in [9.17, 15) is 24.9 Å². The van der Waals surface area contributed by atoms with Gasteiger partial charge < -0.3 is 15.3 Å². The Kier molecular flexibility index (Phi) is 5.75. The molecule has 26 heavy (non-hydrogen) atoms. The molecule has 0 saturated carbocycles. The summed E-state index contributed by atoms with van der Waals surface area (Å²) in [6.45, 7) is 5.15. The summed E-state index contributed by atoms with van der Waals surface area (Å²) in [5.41, 5.74) is -0.0769. The average Bonchev–Trinajstić information content (AvgIpc) is 2.67. The van der Waals surface area contributed by atoms with Crippen molar-refractivity contribution in [1.82, 2.24) is 0 Å². The molecule has 0 bridgehead atoms. The standard InChI is InChI=1S/C21H18O5/c1-3-5-9-13(4-2)17(22)15-12-16(20(25)21(26)19(15)24)18(23)14-10-7-6-8-11-14/h3-12,24-26H,1H2,2H3/b9-5-,13-4+. The zero-order valence-corrected chi connectivity index (χ0v) is 14.1. The topological polar surface area (TPSA) is 94.8 Å². The summed E-state index contributed by atoms with van der Waals surface area (Å²) in [7, 11) is 0. The lowest BCUT2D eigenvalue weighted by Gasteiger charge is -2.12. The van der Waals surface area contributed by atoms with E-state index in [2.05, 4.69) is 6.58 Å². The summed E-state index contributed by atoms with van der Waals surface area (Å²) in [6, 6.07) is 9.18. The Morgan fingerprint density at radius 2 is 1.58 bits per heavy atom. The minimum atomic E-state index is -0.918. The summed E-state index contributed by atoms with van der Waals surface area (Å²) in [5, 5.41) is 30.1. The van der Waals surface area contributed by atoms with Gasteiger partial charge in [0.2, 0.25) is 5.75 Å². The number of carbonyl (C=O) groups excluding carboxylic acids is 2. The van der Waals surface area contributed by atoms with E-state index in [0.717, 1.165) is 6.07 Å². The summed E-state index contributed by atoms with van der Waals surface area (Å²) in [6.07, 6.45) is 6.03. The number of hydrogen-bond donors (Lipinski definition) is 3. The van der Waals surface area contributed by atoms with Crippen LogP contribution in [0.3, 0.4) is 0 Å². The van der Waals surface area contributed by atoms with Crippen LogP contribution in [0.4, 0.5) is 0 Å². The number of carbonyl (C=O) groups is 2. The number of aromatic hydroxyl groups is 3. The van der Waals surface area contributed by atoms with Crippen LogP contribution in [-0.2, 0) is 0 Å². The van der Waals surface area contributed by atoms with E-state index in [4.69, 9.17) is 0 Å². The highest BCUT2D eigenvalue weighted by molar-refractivity contribution is 6.17. The van der Waals surface area contributed by atoms with Gasteiger partial charge >= 0.3 is 0 Å². The molecule has 0 aliphatic heterocycles. The second kappa shape index (κ2) is 7.98. The lowest BCUT2D eigenvalue weighted by atomic mass is 9.95. The molecule has 2 aromatic carbocycles. The van der Waals surface area contributed by atoms with Gasteiger partial charge in [0.25, 0.3) is 0 Å². The van der Waals surface area contributed by atoms with Gasteiger partial charge in [-0.2, -0.15) is 0 Å². The van der Waals surface area contributed by atoms with Crippen LogP contribution < -0.4 is 0 Å². The molecule has 0 amide bonds. The number of benzene rings is 2. The van der Waals surface area contributed by atoms with Crippen molar-refractivity contribution in [3.8, 4) is 17.2 Å². The van der Waals surface area contributed by atoms with Gasteiger partial charge in [-0.1, -0.05) is 61.2 Å². The molecule has 0 atom stereocenters. The van der Waals surface area contributed by atoms with Crippen LogP contribution in [0.15, 0.2) is 72.9 Å². The Morgan fingerprint density at radius 3 is 2.15 bits per heavy atom. The molecule has 0 aliphatic carbocycles. The third-order valence-corrected chi connectivity index (χ3v) is 3.76. The summed E-state index contributed by atoms with van der Waals surface area (Å²) in [4.78, 5) is 25.3. The van der Waals surface area contributed by atoms with Gasteiger partial charge in [-0.15, -0.1) is 0 Å².